The molecule has 0 bridgehead atoms. The van der Waals surface area contributed by atoms with Crippen LogP contribution in [0.2, 0.25) is 0 Å². The fourth-order valence-electron chi connectivity index (χ4n) is 2.05. The van der Waals surface area contributed by atoms with Crippen molar-refractivity contribution in [1.29, 1.82) is 0 Å². The molecule has 6 nitrogen and oxygen atoms in total. The number of ether oxygens (including phenoxy) is 2. The molecule has 2 N–H and O–H groups in total. The van der Waals surface area contributed by atoms with Gasteiger partial charge in [-0.15, -0.1) is 0 Å². The van der Waals surface area contributed by atoms with Gasteiger partial charge in [-0.25, -0.2) is 4.39 Å². The molecule has 2 amide bonds. The second-order valence-electron chi connectivity index (χ2n) is 4.99. The third-order valence-electron chi connectivity index (χ3n) is 3.15. The molecule has 0 aromatic heterocycles. The molecule has 22 heavy (non-hydrogen) atoms. The first-order valence-electron chi connectivity index (χ1n) is 7.15. The van der Waals surface area contributed by atoms with Crippen LogP contribution in [0.5, 0.6) is 0 Å². The highest BCUT2D eigenvalue weighted by atomic mass is 19.1. The molecule has 1 aliphatic rings. The summed E-state index contributed by atoms with van der Waals surface area (Å²) in [6.45, 7) is 0.763. The molecule has 0 spiro atoms. The fraction of sp³-hybridized carbons (Fsp3) is 0.467. The van der Waals surface area contributed by atoms with E-state index in [0.717, 1.165) is 19.4 Å². The molecule has 0 radical (unpaired) electrons. The molecule has 0 saturated carbocycles. The minimum Gasteiger partial charge on any atom is -0.376 e. The van der Waals surface area contributed by atoms with Crippen LogP contribution in [0.15, 0.2) is 24.3 Å². The van der Waals surface area contributed by atoms with E-state index in [0.29, 0.717) is 12.2 Å². The smallest absolute Gasteiger partial charge is 0.250 e. The maximum absolute atomic E-state index is 12.7. The van der Waals surface area contributed by atoms with Crippen LogP contribution in [0.25, 0.3) is 0 Å². The van der Waals surface area contributed by atoms with Gasteiger partial charge in [0.25, 0.3) is 0 Å². The summed E-state index contributed by atoms with van der Waals surface area (Å²) in [5, 5.41) is 5.23. The van der Waals surface area contributed by atoms with Crippen LogP contribution in [-0.2, 0) is 19.1 Å². The van der Waals surface area contributed by atoms with E-state index < -0.39 is 5.91 Å². The van der Waals surface area contributed by atoms with Gasteiger partial charge in [0.1, 0.15) is 19.0 Å². The lowest BCUT2D eigenvalue weighted by atomic mass is 10.2. The van der Waals surface area contributed by atoms with E-state index in [1.807, 2.05) is 0 Å². The van der Waals surface area contributed by atoms with Crippen LogP contribution in [0, 0.1) is 5.82 Å². The van der Waals surface area contributed by atoms with Crippen molar-refractivity contribution in [3.05, 3.63) is 30.1 Å². The maximum Gasteiger partial charge on any atom is 0.250 e. The Morgan fingerprint density at radius 3 is 2.64 bits per heavy atom. The molecule has 0 aliphatic carbocycles. The van der Waals surface area contributed by atoms with Crippen LogP contribution in [0.1, 0.15) is 12.8 Å². The van der Waals surface area contributed by atoms with Gasteiger partial charge in [0.2, 0.25) is 11.8 Å². The lowest BCUT2D eigenvalue weighted by Crippen LogP contribution is -2.35. The molecule has 1 fully saturated rings. The van der Waals surface area contributed by atoms with Crippen molar-refractivity contribution in [2.75, 3.05) is 31.7 Å². The SMILES string of the molecule is O=C(COCC(=O)Nc1ccc(F)cc1)NC[C@@H]1CCCO1. The normalized spacial score (nSPS) is 17.2. The fourth-order valence-corrected chi connectivity index (χ4v) is 2.05. The summed E-state index contributed by atoms with van der Waals surface area (Å²) >= 11 is 0. The maximum atomic E-state index is 12.7. The van der Waals surface area contributed by atoms with E-state index in [1.165, 1.54) is 24.3 Å². The Balaban J connectivity index is 1.57. The minimum absolute atomic E-state index is 0.0747. The molecule has 1 saturated heterocycles. The van der Waals surface area contributed by atoms with Crippen molar-refractivity contribution >= 4 is 17.5 Å². The lowest BCUT2D eigenvalue weighted by molar-refractivity contribution is -0.129. The Hall–Kier alpha value is -1.99. The summed E-state index contributed by atoms with van der Waals surface area (Å²) in [6.07, 6.45) is 2.03. The Kier molecular flexibility index (Phi) is 6.29. The Morgan fingerprint density at radius 1 is 1.23 bits per heavy atom. The highest BCUT2D eigenvalue weighted by molar-refractivity contribution is 5.91. The van der Waals surface area contributed by atoms with Gasteiger partial charge in [0.05, 0.1) is 6.10 Å². The Labute approximate surface area is 128 Å². The Bertz CT molecular complexity index is 501. The average molecular weight is 310 g/mol. The number of anilines is 1. The number of rotatable bonds is 7. The molecule has 1 aromatic rings. The predicted octanol–water partition coefficient (Wildman–Crippen LogP) is 1.08. The highest BCUT2D eigenvalue weighted by Gasteiger charge is 2.16. The molecule has 1 aromatic carbocycles. The van der Waals surface area contributed by atoms with Crippen molar-refractivity contribution in [3.63, 3.8) is 0 Å². The predicted molar refractivity (Wildman–Crippen MR) is 77.8 cm³/mol. The number of benzene rings is 1. The first-order valence-corrected chi connectivity index (χ1v) is 7.15. The Morgan fingerprint density at radius 2 is 1.95 bits per heavy atom. The molecule has 1 aliphatic heterocycles. The van der Waals surface area contributed by atoms with Crippen LogP contribution >= 0.6 is 0 Å². The van der Waals surface area contributed by atoms with Gasteiger partial charge in [-0.05, 0) is 37.1 Å². The van der Waals surface area contributed by atoms with Crippen LogP contribution in [0.3, 0.4) is 0 Å². The second-order valence-corrected chi connectivity index (χ2v) is 4.99. The monoisotopic (exact) mass is 310 g/mol. The number of carbonyl (C=O) groups is 2. The summed E-state index contributed by atoms with van der Waals surface area (Å²) in [5.74, 6) is -1.07. The summed E-state index contributed by atoms with van der Waals surface area (Å²) in [6, 6.07) is 5.38. The third-order valence-corrected chi connectivity index (χ3v) is 3.15. The molecule has 7 heteroatoms. The standard InChI is InChI=1S/C15H19FN2O4/c16-11-3-5-12(6-4-11)18-15(20)10-21-9-14(19)17-8-13-2-1-7-22-13/h3-6,13H,1-2,7-10H2,(H,17,19)(H,18,20)/t13-/m0/s1. The largest absolute Gasteiger partial charge is 0.376 e. The molecular formula is C15H19FN2O4. The summed E-state index contributed by atoms with van der Waals surface area (Å²) in [5.41, 5.74) is 0.470. The highest BCUT2D eigenvalue weighted by Crippen LogP contribution is 2.10. The van der Waals surface area contributed by atoms with Crippen molar-refractivity contribution in [3.8, 4) is 0 Å². The topological polar surface area (TPSA) is 76.7 Å². The quantitative estimate of drug-likeness (QED) is 0.790. The second kappa shape index (κ2) is 8.45. The number of nitrogens with one attached hydrogen (secondary N) is 2. The number of halogens is 1. The third kappa shape index (κ3) is 5.79. The van der Waals surface area contributed by atoms with Gasteiger partial charge in [0, 0.05) is 18.8 Å². The van der Waals surface area contributed by atoms with E-state index in [1.54, 1.807) is 0 Å². The molecule has 1 heterocycles. The van der Waals surface area contributed by atoms with Crippen molar-refractivity contribution in [2.45, 2.75) is 18.9 Å². The van der Waals surface area contributed by atoms with Crippen LogP contribution in [-0.4, -0.2) is 44.3 Å². The van der Waals surface area contributed by atoms with Gasteiger partial charge in [-0.1, -0.05) is 0 Å². The first kappa shape index (κ1) is 16.4. The number of hydrogen-bond acceptors (Lipinski definition) is 4. The van der Waals surface area contributed by atoms with Gasteiger partial charge < -0.3 is 20.1 Å². The zero-order valence-electron chi connectivity index (χ0n) is 12.1. The number of carbonyl (C=O) groups excluding carboxylic acids is 2. The van der Waals surface area contributed by atoms with E-state index in [2.05, 4.69) is 10.6 Å². The molecule has 2 rings (SSSR count). The van der Waals surface area contributed by atoms with Crippen molar-refractivity contribution in [1.82, 2.24) is 5.32 Å². The van der Waals surface area contributed by atoms with Gasteiger partial charge in [-0.3, -0.25) is 9.59 Å². The first-order chi connectivity index (χ1) is 10.6. The van der Waals surface area contributed by atoms with Crippen LogP contribution in [0.4, 0.5) is 10.1 Å². The van der Waals surface area contributed by atoms with Gasteiger partial charge in [-0.2, -0.15) is 0 Å². The average Bonchev–Trinajstić information content (AvgIpc) is 3.01. The lowest BCUT2D eigenvalue weighted by Gasteiger charge is -2.11. The molecular weight excluding hydrogens is 291 g/mol. The summed E-state index contributed by atoms with van der Waals surface area (Å²) in [7, 11) is 0. The number of amides is 2. The van der Waals surface area contributed by atoms with Crippen molar-refractivity contribution < 1.29 is 23.5 Å². The van der Waals surface area contributed by atoms with E-state index >= 15 is 0 Å². The molecule has 1 atom stereocenters. The number of hydrogen-bond donors (Lipinski definition) is 2. The zero-order valence-corrected chi connectivity index (χ0v) is 12.1. The van der Waals surface area contributed by atoms with Gasteiger partial charge >= 0.3 is 0 Å². The van der Waals surface area contributed by atoms with E-state index in [-0.39, 0.29) is 31.0 Å². The van der Waals surface area contributed by atoms with Crippen LogP contribution < -0.4 is 10.6 Å². The molecule has 120 valence electrons. The van der Waals surface area contributed by atoms with Gasteiger partial charge in [0.15, 0.2) is 0 Å². The van der Waals surface area contributed by atoms with E-state index in [4.69, 9.17) is 9.47 Å². The minimum atomic E-state index is -0.404. The van der Waals surface area contributed by atoms with Crippen molar-refractivity contribution in [2.24, 2.45) is 0 Å². The summed E-state index contributed by atoms with van der Waals surface area (Å²) in [4.78, 5) is 23.1. The zero-order chi connectivity index (χ0) is 15.8. The van der Waals surface area contributed by atoms with E-state index in [9.17, 15) is 14.0 Å². The molecule has 0 unspecified atom stereocenters. The summed E-state index contributed by atoms with van der Waals surface area (Å²) < 4.78 is 23.1.